The normalized spacial score (nSPS) is 11.1. The molecule has 0 fully saturated rings. The average molecular weight is 513 g/mol. The highest BCUT2D eigenvalue weighted by molar-refractivity contribution is 6.40. The molecule has 0 unspecified atom stereocenters. The van der Waals surface area contributed by atoms with Crippen molar-refractivity contribution in [2.45, 2.75) is 6.54 Å². The molecule has 0 aliphatic rings. The van der Waals surface area contributed by atoms with Gasteiger partial charge in [-0.1, -0.05) is 29.3 Å². The van der Waals surface area contributed by atoms with Gasteiger partial charge in [-0.15, -0.1) is 0 Å². The van der Waals surface area contributed by atoms with Crippen molar-refractivity contribution >= 4 is 45.8 Å². The van der Waals surface area contributed by atoms with Crippen molar-refractivity contribution in [1.29, 1.82) is 0 Å². The summed E-state index contributed by atoms with van der Waals surface area (Å²) in [5, 5.41) is 0.400. The molecule has 4 rings (SSSR count). The summed E-state index contributed by atoms with van der Waals surface area (Å²) < 4.78 is 57.1. The monoisotopic (exact) mass is 512 g/mol. The van der Waals surface area contributed by atoms with Crippen LogP contribution in [0.25, 0.3) is 11.0 Å². The van der Waals surface area contributed by atoms with Crippen molar-refractivity contribution in [2.24, 2.45) is 0 Å². The first-order chi connectivity index (χ1) is 16.1. The number of hydrogen-bond acceptors (Lipinski definition) is 4. The zero-order chi connectivity index (χ0) is 24.7. The number of carbonyl (C=O) groups is 1. The highest BCUT2D eigenvalue weighted by Gasteiger charge is 2.23. The number of carbonyl (C=O) groups excluding carboxylic acids is 1. The Morgan fingerprint density at radius 2 is 1.62 bits per heavy atom. The van der Waals surface area contributed by atoms with Gasteiger partial charge in [-0.2, -0.15) is 13.8 Å². The molecule has 13 heteroatoms. The number of aromatic nitrogens is 3. The number of H-pyrrole nitrogens is 1. The van der Waals surface area contributed by atoms with Crippen molar-refractivity contribution in [1.82, 2.24) is 14.5 Å². The second-order valence-corrected chi connectivity index (χ2v) is 7.69. The number of benzene rings is 1. The first-order valence-electron chi connectivity index (χ1n) is 9.29. The van der Waals surface area contributed by atoms with Crippen LogP contribution in [0.1, 0.15) is 15.9 Å². The third-order valence-electron chi connectivity index (χ3n) is 4.83. The average Bonchev–Trinajstić information content (AvgIpc) is 2.79. The second-order valence-electron chi connectivity index (χ2n) is 6.93. The number of fused-ring (bicyclic) bond motifs is 1. The van der Waals surface area contributed by atoms with E-state index in [0.717, 1.165) is 35.0 Å². The van der Waals surface area contributed by atoms with Gasteiger partial charge >= 0.3 is 0 Å². The van der Waals surface area contributed by atoms with E-state index in [-0.39, 0.29) is 16.6 Å². The standard InChI is InChI=1S/C21H10Cl2F4N4O3/c22-14-17(15(23)20(27)30-19(14)26)29-21(34)9-7-31(6-8-10(24)2-1-3-11(8)25)12-4-5-13(32)28-16(12)18(9)33/h1-5,7H,6H2,(H,28,32)(H,29,30,34). The summed E-state index contributed by atoms with van der Waals surface area (Å²) in [6.45, 7) is -0.471. The summed E-state index contributed by atoms with van der Waals surface area (Å²) >= 11 is 11.4. The molecule has 1 amide bonds. The fourth-order valence-electron chi connectivity index (χ4n) is 3.22. The zero-order valence-corrected chi connectivity index (χ0v) is 18.1. The van der Waals surface area contributed by atoms with Crippen LogP contribution in [-0.4, -0.2) is 20.4 Å². The Balaban J connectivity index is 1.89. The van der Waals surface area contributed by atoms with E-state index in [9.17, 15) is 31.9 Å². The van der Waals surface area contributed by atoms with Gasteiger partial charge in [-0.3, -0.25) is 14.4 Å². The van der Waals surface area contributed by atoms with Gasteiger partial charge in [0.25, 0.3) is 5.91 Å². The Hall–Kier alpha value is -3.70. The first-order valence-corrected chi connectivity index (χ1v) is 10.0. The lowest BCUT2D eigenvalue weighted by atomic mass is 10.1. The Kier molecular flexibility index (Phi) is 6.15. The van der Waals surface area contributed by atoms with Gasteiger partial charge < -0.3 is 14.9 Å². The number of nitrogens with one attached hydrogen (secondary N) is 2. The largest absolute Gasteiger partial charge is 0.341 e. The molecule has 0 saturated heterocycles. The van der Waals surface area contributed by atoms with Crippen molar-refractivity contribution in [2.75, 3.05) is 5.32 Å². The minimum absolute atomic E-state index is 0.0564. The van der Waals surface area contributed by atoms with Crippen molar-refractivity contribution < 1.29 is 22.4 Å². The summed E-state index contributed by atoms with van der Waals surface area (Å²) in [6, 6.07) is 5.52. The predicted octanol–water partition coefficient (Wildman–Crippen LogP) is 4.25. The molecule has 34 heavy (non-hydrogen) atoms. The minimum Gasteiger partial charge on any atom is -0.341 e. The summed E-state index contributed by atoms with van der Waals surface area (Å²) in [5.41, 5.74) is -3.66. The number of halogens is 6. The van der Waals surface area contributed by atoms with Gasteiger partial charge in [0, 0.05) is 17.8 Å². The molecule has 0 radical (unpaired) electrons. The molecule has 0 aliphatic carbocycles. The van der Waals surface area contributed by atoms with E-state index in [0.29, 0.717) is 0 Å². The highest BCUT2D eigenvalue weighted by Crippen LogP contribution is 2.33. The van der Waals surface area contributed by atoms with Crippen molar-refractivity contribution in [3.8, 4) is 0 Å². The Bertz CT molecular complexity index is 1560. The van der Waals surface area contributed by atoms with Crippen LogP contribution < -0.4 is 16.3 Å². The summed E-state index contributed by atoms with van der Waals surface area (Å²) in [4.78, 5) is 42.7. The van der Waals surface area contributed by atoms with Gasteiger partial charge in [0.1, 0.15) is 32.8 Å². The lowest BCUT2D eigenvalue weighted by Crippen LogP contribution is -2.26. The van der Waals surface area contributed by atoms with E-state index in [1.54, 1.807) is 0 Å². The molecule has 3 heterocycles. The predicted molar refractivity (Wildman–Crippen MR) is 116 cm³/mol. The summed E-state index contributed by atoms with van der Waals surface area (Å²) in [6.07, 6.45) is 0.972. The quantitative estimate of drug-likeness (QED) is 0.315. The molecule has 0 aliphatic heterocycles. The van der Waals surface area contributed by atoms with Gasteiger partial charge in [-0.25, -0.2) is 8.78 Å². The van der Waals surface area contributed by atoms with Crippen LogP contribution in [0.4, 0.5) is 23.2 Å². The van der Waals surface area contributed by atoms with Crippen LogP contribution in [0, 0.1) is 23.5 Å². The molecule has 0 spiro atoms. The van der Waals surface area contributed by atoms with Crippen molar-refractivity contribution in [3.05, 3.63) is 102 Å². The maximum atomic E-state index is 14.2. The summed E-state index contributed by atoms with van der Waals surface area (Å²) in [5.74, 6) is -5.91. The van der Waals surface area contributed by atoms with Crippen LogP contribution >= 0.6 is 23.2 Å². The van der Waals surface area contributed by atoms with Gasteiger partial charge in [0.15, 0.2) is 0 Å². The Morgan fingerprint density at radius 3 is 2.24 bits per heavy atom. The van der Waals surface area contributed by atoms with Crippen LogP contribution in [0.2, 0.25) is 10.0 Å². The van der Waals surface area contributed by atoms with Crippen LogP contribution in [0.15, 0.2) is 46.1 Å². The molecule has 4 aromatic rings. The van der Waals surface area contributed by atoms with E-state index in [2.05, 4.69) is 9.97 Å². The number of nitrogens with zero attached hydrogens (tertiary/aromatic N) is 2. The Morgan fingerprint density at radius 1 is 1.00 bits per heavy atom. The molecule has 3 aromatic heterocycles. The lowest BCUT2D eigenvalue weighted by molar-refractivity contribution is 0.102. The molecule has 0 bridgehead atoms. The van der Waals surface area contributed by atoms with Crippen LogP contribution in [0.5, 0.6) is 0 Å². The molecule has 0 saturated carbocycles. The summed E-state index contributed by atoms with van der Waals surface area (Å²) in [7, 11) is 0. The smallest absolute Gasteiger partial charge is 0.261 e. The maximum absolute atomic E-state index is 14.2. The minimum atomic E-state index is -1.46. The fourth-order valence-corrected chi connectivity index (χ4v) is 3.64. The van der Waals surface area contributed by atoms with E-state index in [1.165, 1.54) is 6.07 Å². The molecule has 1 aromatic carbocycles. The number of hydrogen-bond donors (Lipinski definition) is 2. The third kappa shape index (κ3) is 4.15. The first kappa shape index (κ1) is 23.5. The maximum Gasteiger partial charge on any atom is 0.261 e. The molecule has 2 N–H and O–H groups in total. The molecule has 0 atom stereocenters. The highest BCUT2D eigenvalue weighted by atomic mass is 35.5. The van der Waals surface area contributed by atoms with Crippen LogP contribution in [0.3, 0.4) is 0 Å². The third-order valence-corrected chi connectivity index (χ3v) is 5.52. The lowest BCUT2D eigenvalue weighted by Gasteiger charge is -2.15. The SMILES string of the molecule is O=C(Nc1c(Cl)c(F)nc(F)c1Cl)c1cn(Cc2c(F)cccc2F)c2ccc(=O)[nH]c2c1=O. The number of rotatable bonds is 4. The number of aromatic amines is 1. The second kappa shape index (κ2) is 8.92. The Labute approximate surface area is 196 Å². The van der Waals surface area contributed by atoms with Gasteiger partial charge in [0.05, 0.1) is 17.7 Å². The van der Waals surface area contributed by atoms with Gasteiger partial charge in [-0.05, 0) is 18.2 Å². The zero-order valence-electron chi connectivity index (χ0n) is 16.6. The van der Waals surface area contributed by atoms with E-state index in [4.69, 9.17) is 23.2 Å². The number of anilines is 1. The topological polar surface area (TPSA) is 96.8 Å². The van der Waals surface area contributed by atoms with Crippen LogP contribution in [-0.2, 0) is 6.54 Å². The molecular formula is C21H10Cl2F4N4O3. The van der Waals surface area contributed by atoms with E-state index < -0.39 is 68.3 Å². The van der Waals surface area contributed by atoms with E-state index in [1.807, 2.05) is 5.32 Å². The van der Waals surface area contributed by atoms with Gasteiger partial charge in [0.2, 0.25) is 22.9 Å². The number of amides is 1. The molecular weight excluding hydrogens is 503 g/mol. The van der Waals surface area contributed by atoms with E-state index >= 15 is 0 Å². The number of pyridine rings is 3. The molecule has 7 nitrogen and oxygen atoms in total. The van der Waals surface area contributed by atoms with Crippen molar-refractivity contribution in [3.63, 3.8) is 0 Å². The fraction of sp³-hybridized carbons (Fsp3) is 0.0476. The molecule has 174 valence electrons.